The van der Waals surface area contributed by atoms with E-state index in [-0.39, 0.29) is 11.9 Å². The van der Waals surface area contributed by atoms with Gasteiger partial charge in [-0.25, -0.2) is 0 Å². The molecule has 16 heavy (non-hydrogen) atoms. The second kappa shape index (κ2) is 5.61. The van der Waals surface area contributed by atoms with Crippen molar-refractivity contribution in [1.82, 2.24) is 15.6 Å². The van der Waals surface area contributed by atoms with Crippen LogP contribution in [0.3, 0.4) is 0 Å². The number of nitrogens with zero attached hydrogens (tertiary/aromatic N) is 1. The van der Waals surface area contributed by atoms with Gasteiger partial charge in [0, 0.05) is 12.2 Å². The first-order chi connectivity index (χ1) is 7.86. The van der Waals surface area contributed by atoms with Gasteiger partial charge in [-0.3, -0.25) is 9.78 Å². The second-order valence-electron chi connectivity index (χ2n) is 4.07. The highest BCUT2D eigenvalue weighted by Gasteiger charge is 2.15. The first kappa shape index (κ1) is 11.1. The van der Waals surface area contributed by atoms with Crippen molar-refractivity contribution in [2.75, 3.05) is 13.1 Å². The summed E-state index contributed by atoms with van der Waals surface area (Å²) in [6.07, 6.45) is 4.81. The number of carbonyl (C=O) groups is 1. The van der Waals surface area contributed by atoms with E-state index in [0.717, 1.165) is 32.4 Å². The first-order valence-electron chi connectivity index (χ1n) is 5.79. The van der Waals surface area contributed by atoms with Crippen LogP contribution in [0.5, 0.6) is 0 Å². The third-order valence-electron chi connectivity index (χ3n) is 2.81. The molecule has 1 saturated heterocycles. The molecule has 0 aromatic carbocycles. The second-order valence-corrected chi connectivity index (χ2v) is 4.07. The average molecular weight is 219 g/mol. The van der Waals surface area contributed by atoms with E-state index in [9.17, 15) is 4.79 Å². The fraction of sp³-hybridized carbons (Fsp3) is 0.500. The summed E-state index contributed by atoms with van der Waals surface area (Å²) in [5.74, 6) is -0.0625. The van der Waals surface area contributed by atoms with Crippen LogP contribution >= 0.6 is 0 Å². The molecule has 1 atom stereocenters. The van der Waals surface area contributed by atoms with Gasteiger partial charge in [0.25, 0.3) is 5.91 Å². The maximum Gasteiger partial charge on any atom is 0.270 e. The number of hydrogen-bond acceptors (Lipinski definition) is 3. The molecule has 1 aliphatic rings. The summed E-state index contributed by atoms with van der Waals surface area (Å²) in [6, 6.07) is 5.66. The Morgan fingerprint density at radius 2 is 2.31 bits per heavy atom. The molecule has 4 heteroatoms. The summed E-state index contributed by atoms with van der Waals surface area (Å²) in [6.45, 7) is 2.03. The zero-order chi connectivity index (χ0) is 11.2. The van der Waals surface area contributed by atoms with E-state index in [0.29, 0.717) is 5.69 Å². The molecule has 0 radical (unpaired) electrons. The summed E-state index contributed by atoms with van der Waals surface area (Å²) < 4.78 is 0. The Kier molecular flexibility index (Phi) is 3.88. The smallest absolute Gasteiger partial charge is 0.270 e. The highest BCUT2D eigenvalue weighted by molar-refractivity contribution is 5.92. The van der Waals surface area contributed by atoms with Crippen LogP contribution in [-0.2, 0) is 0 Å². The lowest BCUT2D eigenvalue weighted by atomic mass is 10.1. The molecule has 1 unspecified atom stereocenters. The van der Waals surface area contributed by atoms with Gasteiger partial charge in [-0.1, -0.05) is 6.07 Å². The van der Waals surface area contributed by atoms with Crippen molar-refractivity contribution in [2.24, 2.45) is 0 Å². The van der Waals surface area contributed by atoms with Crippen molar-refractivity contribution in [3.05, 3.63) is 30.1 Å². The van der Waals surface area contributed by atoms with E-state index in [1.807, 2.05) is 12.1 Å². The molecule has 0 saturated carbocycles. The van der Waals surface area contributed by atoms with E-state index in [4.69, 9.17) is 0 Å². The highest BCUT2D eigenvalue weighted by atomic mass is 16.1. The van der Waals surface area contributed by atoms with Crippen molar-refractivity contribution in [1.29, 1.82) is 0 Å². The SMILES string of the molecule is O=C(NC1CCCNCC1)c1ccccn1. The van der Waals surface area contributed by atoms with Crippen LogP contribution in [0, 0.1) is 0 Å². The van der Waals surface area contributed by atoms with Crippen LogP contribution in [0.15, 0.2) is 24.4 Å². The normalized spacial score (nSPS) is 21.1. The van der Waals surface area contributed by atoms with E-state index >= 15 is 0 Å². The minimum absolute atomic E-state index is 0.0625. The summed E-state index contributed by atoms with van der Waals surface area (Å²) >= 11 is 0. The monoisotopic (exact) mass is 219 g/mol. The van der Waals surface area contributed by atoms with E-state index in [1.54, 1.807) is 12.3 Å². The maximum absolute atomic E-state index is 11.8. The molecule has 1 aliphatic heterocycles. The number of carbonyl (C=O) groups excluding carboxylic acids is 1. The van der Waals surface area contributed by atoms with Crippen LogP contribution in [0.2, 0.25) is 0 Å². The Bertz CT molecular complexity index is 331. The molecule has 2 N–H and O–H groups in total. The standard InChI is InChI=1S/C12H17N3O/c16-12(11-5-1-2-8-14-11)15-10-4-3-7-13-9-6-10/h1-2,5,8,10,13H,3-4,6-7,9H2,(H,15,16). The molecular formula is C12H17N3O. The Balaban J connectivity index is 1.91. The van der Waals surface area contributed by atoms with Crippen molar-refractivity contribution >= 4 is 5.91 Å². The molecule has 0 spiro atoms. The van der Waals surface area contributed by atoms with Crippen molar-refractivity contribution in [2.45, 2.75) is 25.3 Å². The molecule has 2 heterocycles. The minimum Gasteiger partial charge on any atom is -0.348 e. The lowest BCUT2D eigenvalue weighted by Gasteiger charge is -2.15. The predicted octanol–water partition coefficient (Wildman–Crippen LogP) is 0.953. The quantitative estimate of drug-likeness (QED) is 0.778. The van der Waals surface area contributed by atoms with Crippen molar-refractivity contribution < 1.29 is 4.79 Å². The zero-order valence-corrected chi connectivity index (χ0v) is 9.28. The van der Waals surface area contributed by atoms with Crippen LogP contribution in [0.25, 0.3) is 0 Å². The molecule has 0 bridgehead atoms. The largest absolute Gasteiger partial charge is 0.348 e. The molecule has 4 nitrogen and oxygen atoms in total. The van der Waals surface area contributed by atoms with Gasteiger partial charge in [-0.2, -0.15) is 0 Å². The van der Waals surface area contributed by atoms with Gasteiger partial charge < -0.3 is 10.6 Å². The molecule has 1 fully saturated rings. The molecule has 1 aromatic heterocycles. The van der Waals surface area contributed by atoms with E-state index < -0.39 is 0 Å². The van der Waals surface area contributed by atoms with E-state index in [1.165, 1.54) is 0 Å². The third kappa shape index (κ3) is 3.03. The lowest BCUT2D eigenvalue weighted by molar-refractivity contribution is 0.0929. The zero-order valence-electron chi connectivity index (χ0n) is 9.28. The van der Waals surface area contributed by atoms with Gasteiger partial charge in [0.15, 0.2) is 0 Å². The Morgan fingerprint density at radius 3 is 3.12 bits per heavy atom. The lowest BCUT2D eigenvalue weighted by Crippen LogP contribution is -2.35. The average Bonchev–Trinajstić information content (AvgIpc) is 2.59. The van der Waals surface area contributed by atoms with Crippen molar-refractivity contribution in [3.63, 3.8) is 0 Å². The summed E-state index contributed by atoms with van der Waals surface area (Å²) in [5, 5.41) is 6.36. The number of nitrogens with one attached hydrogen (secondary N) is 2. The predicted molar refractivity (Wildman–Crippen MR) is 62.2 cm³/mol. The van der Waals surface area contributed by atoms with E-state index in [2.05, 4.69) is 15.6 Å². The Labute approximate surface area is 95.5 Å². The fourth-order valence-electron chi connectivity index (χ4n) is 1.92. The number of pyridine rings is 1. The topological polar surface area (TPSA) is 54.0 Å². The van der Waals surface area contributed by atoms with Crippen LogP contribution < -0.4 is 10.6 Å². The minimum atomic E-state index is -0.0625. The summed E-state index contributed by atoms with van der Waals surface area (Å²) in [4.78, 5) is 15.9. The van der Waals surface area contributed by atoms with Crippen LogP contribution in [-0.4, -0.2) is 30.0 Å². The van der Waals surface area contributed by atoms with Crippen LogP contribution in [0.4, 0.5) is 0 Å². The van der Waals surface area contributed by atoms with Gasteiger partial charge >= 0.3 is 0 Å². The summed E-state index contributed by atoms with van der Waals surface area (Å²) in [5.41, 5.74) is 0.500. The van der Waals surface area contributed by atoms with Gasteiger partial charge in [-0.15, -0.1) is 0 Å². The number of rotatable bonds is 2. The molecule has 1 aromatic rings. The fourth-order valence-corrected chi connectivity index (χ4v) is 1.92. The van der Waals surface area contributed by atoms with Gasteiger partial charge in [-0.05, 0) is 44.5 Å². The Morgan fingerprint density at radius 1 is 1.38 bits per heavy atom. The first-order valence-corrected chi connectivity index (χ1v) is 5.79. The molecule has 0 aliphatic carbocycles. The number of hydrogen-bond donors (Lipinski definition) is 2. The molecule has 2 rings (SSSR count). The van der Waals surface area contributed by atoms with Crippen LogP contribution in [0.1, 0.15) is 29.8 Å². The summed E-state index contributed by atoms with van der Waals surface area (Å²) in [7, 11) is 0. The Hall–Kier alpha value is -1.42. The maximum atomic E-state index is 11.8. The van der Waals surface area contributed by atoms with Gasteiger partial charge in [0.05, 0.1) is 0 Å². The van der Waals surface area contributed by atoms with Gasteiger partial charge in [0.1, 0.15) is 5.69 Å². The highest BCUT2D eigenvalue weighted by Crippen LogP contribution is 2.06. The number of aromatic nitrogens is 1. The van der Waals surface area contributed by atoms with Gasteiger partial charge in [0.2, 0.25) is 0 Å². The molecule has 86 valence electrons. The number of amides is 1. The molecule has 1 amide bonds. The third-order valence-corrected chi connectivity index (χ3v) is 2.81. The van der Waals surface area contributed by atoms with Crippen molar-refractivity contribution in [3.8, 4) is 0 Å². The molecular weight excluding hydrogens is 202 g/mol.